The number of nitrogens with one attached hydrogen (secondary N) is 2. The Morgan fingerprint density at radius 1 is 1.56 bits per heavy atom. The Morgan fingerprint density at radius 3 is 2.88 bits per heavy atom. The quantitative estimate of drug-likeness (QED) is 0.687. The molecule has 1 heterocycles. The zero-order valence-corrected chi connectivity index (χ0v) is 9.32. The number of aromatic amines is 1. The lowest BCUT2D eigenvalue weighted by atomic mass is 10.3. The molecule has 16 heavy (non-hydrogen) atoms. The zero-order valence-electron chi connectivity index (χ0n) is 9.32. The molecule has 0 unspecified atom stereocenters. The first-order valence-corrected chi connectivity index (χ1v) is 5.05. The fourth-order valence-electron chi connectivity index (χ4n) is 1.02. The molecule has 0 saturated heterocycles. The van der Waals surface area contributed by atoms with Crippen LogP contribution in [0, 0.1) is 0 Å². The van der Waals surface area contributed by atoms with Gasteiger partial charge < -0.3 is 10.1 Å². The summed E-state index contributed by atoms with van der Waals surface area (Å²) in [5.74, 6) is -0.330. The highest BCUT2D eigenvalue weighted by molar-refractivity contribution is 5.91. The van der Waals surface area contributed by atoms with Gasteiger partial charge in [-0.3, -0.25) is 9.59 Å². The molecule has 0 aromatic carbocycles. The van der Waals surface area contributed by atoms with Crippen LogP contribution >= 0.6 is 0 Å². The minimum atomic E-state index is -0.334. The highest BCUT2D eigenvalue weighted by Gasteiger charge is 2.05. The van der Waals surface area contributed by atoms with E-state index in [2.05, 4.69) is 15.5 Å². The summed E-state index contributed by atoms with van der Waals surface area (Å²) < 4.78 is 5.25. The Bertz CT molecular complexity index is 380. The summed E-state index contributed by atoms with van der Waals surface area (Å²) in [6.45, 7) is 4.71. The lowest BCUT2D eigenvalue weighted by Crippen LogP contribution is -2.29. The van der Waals surface area contributed by atoms with Gasteiger partial charge in [0.25, 0.3) is 11.5 Å². The summed E-state index contributed by atoms with van der Waals surface area (Å²) >= 11 is 0. The lowest BCUT2D eigenvalue weighted by Gasteiger charge is -2.07. The molecular formula is C10H15N3O3. The average molecular weight is 225 g/mol. The molecule has 0 saturated carbocycles. The lowest BCUT2D eigenvalue weighted by molar-refractivity contribution is 0.0744. The SMILES string of the molecule is CC(C)OCCNC(=O)c1ccc(=O)[nH]n1. The third-order valence-electron chi connectivity index (χ3n) is 1.75. The number of ether oxygens (including phenoxy) is 1. The van der Waals surface area contributed by atoms with Gasteiger partial charge in [0.15, 0.2) is 0 Å². The van der Waals surface area contributed by atoms with Crippen LogP contribution < -0.4 is 10.9 Å². The summed E-state index contributed by atoms with van der Waals surface area (Å²) in [6.07, 6.45) is 0.142. The van der Waals surface area contributed by atoms with E-state index in [1.54, 1.807) is 0 Å². The molecule has 0 bridgehead atoms. The summed E-state index contributed by atoms with van der Waals surface area (Å²) in [4.78, 5) is 22.2. The molecule has 1 aromatic heterocycles. The summed E-state index contributed by atoms with van der Waals surface area (Å²) in [7, 11) is 0. The van der Waals surface area contributed by atoms with Gasteiger partial charge in [0, 0.05) is 12.6 Å². The number of rotatable bonds is 5. The Balaban J connectivity index is 2.35. The molecule has 0 aliphatic rings. The Hall–Kier alpha value is -1.69. The van der Waals surface area contributed by atoms with Gasteiger partial charge in [0.2, 0.25) is 0 Å². The highest BCUT2D eigenvalue weighted by atomic mass is 16.5. The molecule has 0 atom stereocenters. The Morgan fingerprint density at radius 2 is 2.31 bits per heavy atom. The van der Waals surface area contributed by atoms with E-state index in [0.29, 0.717) is 13.2 Å². The predicted octanol–water partition coefficient (Wildman–Crippen LogP) is -0.0753. The maximum atomic E-state index is 11.4. The number of amides is 1. The van der Waals surface area contributed by atoms with Crippen LogP contribution in [0.4, 0.5) is 0 Å². The van der Waals surface area contributed by atoms with Crippen molar-refractivity contribution in [1.82, 2.24) is 15.5 Å². The highest BCUT2D eigenvalue weighted by Crippen LogP contribution is 1.89. The van der Waals surface area contributed by atoms with E-state index in [-0.39, 0.29) is 23.3 Å². The topological polar surface area (TPSA) is 84.1 Å². The van der Waals surface area contributed by atoms with Crippen LogP contribution in [-0.4, -0.2) is 35.4 Å². The van der Waals surface area contributed by atoms with Crippen LogP contribution in [0.3, 0.4) is 0 Å². The van der Waals surface area contributed by atoms with E-state index in [0.717, 1.165) is 0 Å². The van der Waals surface area contributed by atoms with Crippen LogP contribution in [0.5, 0.6) is 0 Å². The van der Waals surface area contributed by atoms with Gasteiger partial charge in [-0.2, -0.15) is 5.10 Å². The van der Waals surface area contributed by atoms with Gasteiger partial charge >= 0.3 is 0 Å². The summed E-state index contributed by atoms with van der Waals surface area (Å²) in [6, 6.07) is 2.63. The first-order valence-electron chi connectivity index (χ1n) is 5.05. The second-order valence-corrected chi connectivity index (χ2v) is 3.48. The molecule has 1 rings (SSSR count). The van der Waals surface area contributed by atoms with E-state index in [9.17, 15) is 9.59 Å². The zero-order chi connectivity index (χ0) is 12.0. The van der Waals surface area contributed by atoms with Crippen molar-refractivity contribution in [3.63, 3.8) is 0 Å². The van der Waals surface area contributed by atoms with Crippen molar-refractivity contribution < 1.29 is 9.53 Å². The van der Waals surface area contributed by atoms with E-state index in [1.807, 2.05) is 13.8 Å². The van der Waals surface area contributed by atoms with Crippen molar-refractivity contribution in [3.8, 4) is 0 Å². The minimum absolute atomic E-state index is 0.142. The molecule has 1 amide bonds. The van der Waals surface area contributed by atoms with Gasteiger partial charge in [0.1, 0.15) is 5.69 Å². The van der Waals surface area contributed by atoms with Crippen molar-refractivity contribution in [3.05, 3.63) is 28.2 Å². The van der Waals surface area contributed by atoms with Crippen LogP contribution in [0.25, 0.3) is 0 Å². The van der Waals surface area contributed by atoms with Crippen molar-refractivity contribution in [2.45, 2.75) is 20.0 Å². The Labute approximate surface area is 93.0 Å². The molecule has 88 valence electrons. The standard InChI is InChI=1S/C10H15N3O3/c1-7(2)16-6-5-11-10(15)8-3-4-9(14)13-12-8/h3-4,7H,5-6H2,1-2H3,(H,11,15)(H,13,14). The molecule has 0 aliphatic carbocycles. The van der Waals surface area contributed by atoms with E-state index in [4.69, 9.17) is 4.74 Å². The molecule has 0 aliphatic heterocycles. The van der Waals surface area contributed by atoms with Gasteiger partial charge in [-0.15, -0.1) is 0 Å². The third-order valence-corrected chi connectivity index (χ3v) is 1.75. The van der Waals surface area contributed by atoms with Gasteiger partial charge in [0.05, 0.1) is 12.7 Å². The van der Waals surface area contributed by atoms with E-state index in [1.165, 1.54) is 12.1 Å². The van der Waals surface area contributed by atoms with Crippen molar-refractivity contribution in [1.29, 1.82) is 0 Å². The monoisotopic (exact) mass is 225 g/mol. The number of hydrogen-bond acceptors (Lipinski definition) is 4. The molecule has 6 nitrogen and oxygen atoms in total. The fourth-order valence-corrected chi connectivity index (χ4v) is 1.02. The number of nitrogens with zero attached hydrogens (tertiary/aromatic N) is 1. The van der Waals surface area contributed by atoms with E-state index < -0.39 is 0 Å². The first-order chi connectivity index (χ1) is 7.59. The fraction of sp³-hybridized carbons (Fsp3) is 0.500. The molecule has 0 fully saturated rings. The number of hydrogen-bond donors (Lipinski definition) is 2. The van der Waals surface area contributed by atoms with Crippen LogP contribution in [0.1, 0.15) is 24.3 Å². The first kappa shape index (κ1) is 12.4. The smallest absolute Gasteiger partial charge is 0.271 e. The summed E-state index contributed by atoms with van der Waals surface area (Å²) in [5, 5.41) is 8.42. The number of carbonyl (C=O) groups excluding carboxylic acids is 1. The predicted molar refractivity (Wildman–Crippen MR) is 58.3 cm³/mol. The van der Waals surface area contributed by atoms with Crippen LogP contribution in [-0.2, 0) is 4.74 Å². The van der Waals surface area contributed by atoms with Crippen molar-refractivity contribution in [2.24, 2.45) is 0 Å². The molecule has 2 N–H and O–H groups in total. The van der Waals surface area contributed by atoms with Crippen LogP contribution in [0.15, 0.2) is 16.9 Å². The average Bonchev–Trinajstić information content (AvgIpc) is 2.25. The summed E-state index contributed by atoms with van der Waals surface area (Å²) in [5.41, 5.74) is -0.149. The van der Waals surface area contributed by atoms with E-state index >= 15 is 0 Å². The Kier molecular flexibility index (Phi) is 4.65. The van der Waals surface area contributed by atoms with Gasteiger partial charge in [-0.25, -0.2) is 5.10 Å². The number of aromatic nitrogens is 2. The molecule has 0 radical (unpaired) electrons. The van der Waals surface area contributed by atoms with Crippen LogP contribution in [0.2, 0.25) is 0 Å². The maximum absolute atomic E-state index is 11.4. The molecule has 6 heteroatoms. The minimum Gasteiger partial charge on any atom is -0.377 e. The van der Waals surface area contributed by atoms with Crippen molar-refractivity contribution >= 4 is 5.91 Å². The molecule has 1 aromatic rings. The van der Waals surface area contributed by atoms with Gasteiger partial charge in [-0.1, -0.05) is 0 Å². The van der Waals surface area contributed by atoms with Crippen molar-refractivity contribution in [2.75, 3.05) is 13.2 Å². The second kappa shape index (κ2) is 6.02. The molecule has 0 spiro atoms. The maximum Gasteiger partial charge on any atom is 0.271 e. The normalized spacial score (nSPS) is 10.4. The number of H-pyrrole nitrogens is 1. The number of carbonyl (C=O) groups is 1. The molecular weight excluding hydrogens is 210 g/mol. The largest absolute Gasteiger partial charge is 0.377 e. The van der Waals surface area contributed by atoms with Gasteiger partial charge in [-0.05, 0) is 19.9 Å². The second-order valence-electron chi connectivity index (χ2n) is 3.48. The third kappa shape index (κ3) is 4.22.